The first kappa shape index (κ1) is 18.0. The van der Waals surface area contributed by atoms with Gasteiger partial charge in [0.05, 0.1) is 24.8 Å². The van der Waals surface area contributed by atoms with Gasteiger partial charge in [-0.2, -0.15) is 13.5 Å². The molecule has 24 heavy (non-hydrogen) atoms. The first-order valence-corrected chi connectivity index (χ1v) is 9.07. The smallest absolute Gasteiger partial charge is 0.264 e. The number of nitrogens with one attached hydrogen (secondary N) is 1. The van der Waals surface area contributed by atoms with Crippen molar-refractivity contribution in [1.29, 1.82) is 0 Å². The van der Waals surface area contributed by atoms with Gasteiger partial charge in [-0.25, -0.2) is 0 Å². The van der Waals surface area contributed by atoms with E-state index in [0.717, 1.165) is 17.0 Å². The van der Waals surface area contributed by atoms with Crippen molar-refractivity contribution in [3.8, 4) is 5.75 Å². The Balaban J connectivity index is 1.79. The van der Waals surface area contributed by atoms with E-state index in [1.54, 1.807) is 13.3 Å². The molecule has 0 amide bonds. The van der Waals surface area contributed by atoms with E-state index in [0.29, 0.717) is 19.5 Å². The van der Waals surface area contributed by atoms with Gasteiger partial charge in [-0.15, -0.1) is 0 Å². The summed E-state index contributed by atoms with van der Waals surface area (Å²) in [6.07, 6.45) is 7.81. The van der Waals surface area contributed by atoms with Crippen LogP contribution in [0.5, 0.6) is 5.75 Å². The van der Waals surface area contributed by atoms with E-state index >= 15 is 0 Å². The van der Waals surface area contributed by atoms with Gasteiger partial charge in [0, 0.05) is 13.1 Å². The molecule has 1 aromatic rings. The normalized spacial score (nSPS) is 14.8. The molecule has 0 aromatic heterocycles. The molecule has 0 spiro atoms. The number of ether oxygens (including phenoxy) is 1. The van der Waals surface area contributed by atoms with Crippen LogP contribution in [0.2, 0.25) is 0 Å². The predicted molar refractivity (Wildman–Crippen MR) is 94.9 cm³/mol. The van der Waals surface area contributed by atoms with Crippen molar-refractivity contribution in [2.24, 2.45) is 5.10 Å². The summed E-state index contributed by atoms with van der Waals surface area (Å²) in [6.45, 7) is 1.18. The highest BCUT2D eigenvalue weighted by Gasteiger charge is 2.09. The minimum atomic E-state index is -3.90. The fraction of sp³-hybridized carbons (Fsp3) is 0.312. The van der Waals surface area contributed by atoms with Crippen LogP contribution in [0.3, 0.4) is 0 Å². The van der Waals surface area contributed by atoms with E-state index in [2.05, 4.69) is 10.5 Å². The summed E-state index contributed by atoms with van der Waals surface area (Å²) in [5.41, 5.74) is 4.78. The molecule has 1 heterocycles. The maximum absolute atomic E-state index is 10.7. The molecule has 1 aliphatic heterocycles. The van der Waals surface area contributed by atoms with Crippen LogP contribution in [0.4, 0.5) is 5.69 Å². The summed E-state index contributed by atoms with van der Waals surface area (Å²) in [5, 5.41) is 4.19. The molecule has 0 unspecified atom stereocenters. The van der Waals surface area contributed by atoms with Crippen molar-refractivity contribution >= 4 is 22.0 Å². The molecule has 1 aromatic carbocycles. The second kappa shape index (κ2) is 8.51. The van der Waals surface area contributed by atoms with E-state index in [1.807, 2.05) is 47.5 Å². The number of hydrogen-bond acceptors (Lipinski definition) is 6. The summed E-state index contributed by atoms with van der Waals surface area (Å²) in [7, 11) is -2.28. The molecular formula is C16H21N3O4S. The molecule has 0 atom stereocenters. The van der Waals surface area contributed by atoms with Crippen molar-refractivity contribution in [3.63, 3.8) is 0 Å². The van der Waals surface area contributed by atoms with Gasteiger partial charge in [0.1, 0.15) is 5.75 Å². The Morgan fingerprint density at radius 2 is 2.12 bits per heavy atom. The minimum absolute atomic E-state index is 0.233. The van der Waals surface area contributed by atoms with Crippen molar-refractivity contribution in [2.45, 2.75) is 6.42 Å². The molecule has 0 aliphatic carbocycles. The maximum Gasteiger partial charge on any atom is 0.264 e. The Bertz CT molecular complexity index is 724. The molecule has 0 saturated carbocycles. The SMILES string of the molecule is COc1ccc(NN=CC2=CC=CN(CCCS(=O)(=O)O)C2)cc1. The van der Waals surface area contributed by atoms with Gasteiger partial charge in [-0.05, 0) is 48.5 Å². The number of methoxy groups -OCH3 is 1. The van der Waals surface area contributed by atoms with E-state index in [9.17, 15) is 8.42 Å². The molecule has 1 aliphatic rings. The van der Waals surface area contributed by atoms with Gasteiger partial charge in [-0.3, -0.25) is 9.98 Å². The topological polar surface area (TPSA) is 91.2 Å². The summed E-state index contributed by atoms with van der Waals surface area (Å²) >= 11 is 0. The second-order valence-electron chi connectivity index (χ2n) is 5.29. The van der Waals surface area contributed by atoms with Crippen molar-refractivity contribution in [2.75, 3.05) is 31.4 Å². The molecule has 0 radical (unpaired) electrons. The zero-order valence-corrected chi connectivity index (χ0v) is 14.2. The Hall–Kier alpha value is -2.32. The third kappa shape index (κ3) is 6.43. The Kier molecular flexibility index (Phi) is 6.39. The highest BCUT2D eigenvalue weighted by atomic mass is 32.2. The van der Waals surface area contributed by atoms with Gasteiger partial charge >= 0.3 is 0 Å². The summed E-state index contributed by atoms with van der Waals surface area (Å²) in [5.74, 6) is 0.550. The largest absolute Gasteiger partial charge is 0.497 e. The van der Waals surface area contributed by atoms with Crippen LogP contribution in [0.15, 0.2) is 53.3 Å². The molecule has 7 nitrogen and oxygen atoms in total. The fourth-order valence-corrected chi connectivity index (χ4v) is 2.66. The third-order valence-electron chi connectivity index (χ3n) is 3.35. The number of benzene rings is 1. The number of nitrogens with zero attached hydrogens (tertiary/aromatic N) is 2. The maximum atomic E-state index is 10.7. The predicted octanol–water partition coefficient (Wildman–Crippen LogP) is 2.13. The summed E-state index contributed by atoms with van der Waals surface area (Å²) < 4.78 is 35.3. The summed E-state index contributed by atoms with van der Waals surface area (Å²) in [6, 6.07) is 7.43. The molecule has 2 rings (SSSR count). The van der Waals surface area contributed by atoms with Crippen LogP contribution >= 0.6 is 0 Å². The quantitative estimate of drug-likeness (QED) is 0.423. The van der Waals surface area contributed by atoms with Gasteiger partial charge in [0.15, 0.2) is 0 Å². The molecule has 0 bridgehead atoms. The van der Waals surface area contributed by atoms with Crippen molar-refractivity contribution in [1.82, 2.24) is 4.90 Å². The average Bonchev–Trinajstić information content (AvgIpc) is 2.55. The average molecular weight is 351 g/mol. The second-order valence-corrected chi connectivity index (χ2v) is 6.86. The Morgan fingerprint density at radius 1 is 1.38 bits per heavy atom. The summed E-state index contributed by atoms with van der Waals surface area (Å²) in [4.78, 5) is 1.97. The monoisotopic (exact) mass is 351 g/mol. The van der Waals surface area contributed by atoms with E-state index in [4.69, 9.17) is 9.29 Å². The zero-order valence-electron chi connectivity index (χ0n) is 13.4. The Morgan fingerprint density at radius 3 is 2.79 bits per heavy atom. The highest BCUT2D eigenvalue weighted by molar-refractivity contribution is 7.85. The van der Waals surface area contributed by atoms with E-state index in [-0.39, 0.29) is 5.75 Å². The van der Waals surface area contributed by atoms with Crippen LogP contribution in [0, 0.1) is 0 Å². The van der Waals surface area contributed by atoms with Gasteiger partial charge in [0.2, 0.25) is 0 Å². The third-order valence-corrected chi connectivity index (χ3v) is 4.16. The van der Waals surface area contributed by atoms with Crippen LogP contribution < -0.4 is 10.2 Å². The lowest BCUT2D eigenvalue weighted by Gasteiger charge is -2.22. The van der Waals surface area contributed by atoms with Crippen LogP contribution in [-0.2, 0) is 10.1 Å². The van der Waals surface area contributed by atoms with Crippen LogP contribution in [0.1, 0.15) is 6.42 Å². The number of hydrogen-bond donors (Lipinski definition) is 2. The molecule has 0 fully saturated rings. The zero-order chi connectivity index (χ0) is 17.4. The van der Waals surface area contributed by atoms with Gasteiger partial charge < -0.3 is 9.64 Å². The standard InChI is InChI=1S/C16H21N3O4S/c1-23-16-7-5-15(6-8-16)18-17-12-14-4-2-9-19(13-14)10-3-11-24(20,21)22/h2,4-9,12,18H,3,10-11,13H2,1H3,(H,20,21,22). The minimum Gasteiger partial charge on any atom is -0.497 e. The van der Waals surface area contributed by atoms with Gasteiger partial charge in [0.25, 0.3) is 10.1 Å². The van der Waals surface area contributed by atoms with Crippen molar-refractivity contribution < 1.29 is 17.7 Å². The lowest BCUT2D eigenvalue weighted by Crippen LogP contribution is -2.25. The number of allylic oxidation sites excluding steroid dienone is 2. The molecule has 8 heteroatoms. The van der Waals surface area contributed by atoms with Crippen LogP contribution in [-0.4, -0.2) is 50.0 Å². The van der Waals surface area contributed by atoms with Gasteiger partial charge in [-0.1, -0.05) is 6.08 Å². The fourth-order valence-electron chi connectivity index (χ4n) is 2.17. The number of rotatable bonds is 8. The molecule has 0 saturated heterocycles. The van der Waals surface area contributed by atoms with Crippen molar-refractivity contribution in [3.05, 3.63) is 48.2 Å². The van der Waals surface area contributed by atoms with Crippen LogP contribution in [0.25, 0.3) is 0 Å². The molecular weight excluding hydrogens is 330 g/mol. The first-order chi connectivity index (χ1) is 11.5. The number of hydrazone groups is 1. The highest BCUT2D eigenvalue weighted by Crippen LogP contribution is 2.15. The van der Waals surface area contributed by atoms with E-state index < -0.39 is 10.1 Å². The Labute approximate surface area is 142 Å². The molecule has 130 valence electrons. The molecule has 2 N–H and O–H groups in total. The van der Waals surface area contributed by atoms with E-state index in [1.165, 1.54) is 0 Å². The lowest BCUT2D eigenvalue weighted by molar-refractivity contribution is 0.402. The number of anilines is 1. The first-order valence-electron chi connectivity index (χ1n) is 7.46. The lowest BCUT2D eigenvalue weighted by atomic mass is 10.2.